The highest BCUT2D eigenvalue weighted by Crippen LogP contribution is 2.33. The van der Waals surface area contributed by atoms with E-state index in [4.69, 9.17) is 11.6 Å². The molecule has 1 aliphatic rings. The van der Waals surface area contributed by atoms with Crippen LogP contribution in [-0.2, 0) is 0 Å². The van der Waals surface area contributed by atoms with Gasteiger partial charge in [-0.05, 0) is 43.5 Å². The molecular formula is C14H16ClN3. The average Bonchev–Trinajstić information content (AvgIpc) is 2.99. The summed E-state index contributed by atoms with van der Waals surface area (Å²) in [6, 6.07) is 5.92. The molecule has 1 fully saturated rings. The molecule has 4 heteroatoms. The monoisotopic (exact) mass is 261 g/mol. The smallest absolute Gasteiger partial charge is 0.181 e. The second kappa shape index (κ2) is 4.73. The van der Waals surface area contributed by atoms with Crippen molar-refractivity contribution in [3.63, 3.8) is 0 Å². The first-order valence-corrected chi connectivity index (χ1v) is 6.80. The molecule has 0 radical (unpaired) electrons. The second-order valence-corrected chi connectivity index (χ2v) is 5.48. The number of benzene rings is 1. The first kappa shape index (κ1) is 11.7. The van der Waals surface area contributed by atoms with Gasteiger partial charge < -0.3 is 0 Å². The number of aryl methyl sites for hydroxylation is 1. The highest BCUT2D eigenvalue weighted by molar-refractivity contribution is 6.30. The third kappa shape index (κ3) is 2.27. The number of nitrogens with zero attached hydrogens (tertiary/aromatic N) is 2. The van der Waals surface area contributed by atoms with Crippen LogP contribution in [-0.4, -0.2) is 15.2 Å². The molecule has 1 aromatic carbocycles. The van der Waals surface area contributed by atoms with Gasteiger partial charge in [0.2, 0.25) is 0 Å². The number of nitrogens with one attached hydrogen (secondary N) is 1. The lowest BCUT2D eigenvalue weighted by Crippen LogP contribution is -1.94. The molecule has 18 heavy (non-hydrogen) atoms. The lowest BCUT2D eigenvalue weighted by atomic mass is 10.1. The third-order valence-corrected chi connectivity index (χ3v) is 3.76. The molecule has 0 bridgehead atoms. The average molecular weight is 262 g/mol. The molecule has 0 aliphatic heterocycles. The van der Waals surface area contributed by atoms with E-state index in [9.17, 15) is 0 Å². The third-order valence-electron chi connectivity index (χ3n) is 3.54. The summed E-state index contributed by atoms with van der Waals surface area (Å²) in [6.07, 6.45) is 5.06. The lowest BCUT2D eigenvalue weighted by Gasteiger charge is -2.02. The molecule has 2 aromatic rings. The fraction of sp³-hybridized carbons (Fsp3) is 0.429. The quantitative estimate of drug-likeness (QED) is 0.885. The van der Waals surface area contributed by atoms with Crippen LogP contribution in [0, 0.1) is 6.92 Å². The number of aromatic nitrogens is 3. The maximum Gasteiger partial charge on any atom is 0.181 e. The van der Waals surface area contributed by atoms with Crippen molar-refractivity contribution in [1.29, 1.82) is 0 Å². The van der Waals surface area contributed by atoms with Crippen LogP contribution in [0.5, 0.6) is 0 Å². The van der Waals surface area contributed by atoms with Gasteiger partial charge in [-0.1, -0.05) is 24.4 Å². The molecule has 1 heterocycles. The molecule has 1 aromatic heterocycles. The summed E-state index contributed by atoms with van der Waals surface area (Å²) in [7, 11) is 0. The molecule has 3 rings (SSSR count). The summed E-state index contributed by atoms with van der Waals surface area (Å²) in [5, 5.41) is 8.13. The van der Waals surface area contributed by atoms with Crippen LogP contribution in [0.4, 0.5) is 0 Å². The highest BCUT2D eigenvalue weighted by Gasteiger charge is 2.20. The number of aromatic amines is 1. The normalized spacial score (nSPS) is 16.3. The summed E-state index contributed by atoms with van der Waals surface area (Å²) in [5.74, 6) is 2.34. The molecular weight excluding hydrogens is 246 g/mol. The Morgan fingerprint density at radius 1 is 1.22 bits per heavy atom. The van der Waals surface area contributed by atoms with Crippen LogP contribution >= 0.6 is 11.6 Å². The maximum atomic E-state index is 6.07. The van der Waals surface area contributed by atoms with Gasteiger partial charge in [0.15, 0.2) is 5.82 Å². The van der Waals surface area contributed by atoms with Crippen molar-refractivity contribution < 1.29 is 0 Å². The van der Waals surface area contributed by atoms with Crippen LogP contribution in [0.1, 0.15) is 43.0 Å². The minimum absolute atomic E-state index is 0.562. The van der Waals surface area contributed by atoms with E-state index in [0.717, 1.165) is 27.8 Å². The molecule has 94 valence electrons. The maximum absolute atomic E-state index is 6.07. The van der Waals surface area contributed by atoms with Crippen LogP contribution in [0.25, 0.3) is 11.4 Å². The Hall–Kier alpha value is -1.35. The highest BCUT2D eigenvalue weighted by atomic mass is 35.5. The standard InChI is InChI=1S/C14H16ClN3/c1-9-6-11(8-12(15)7-9)14-16-13(17-18-14)10-4-2-3-5-10/h6-8,10H,2-5H2,1H3,(H,16,17,18). The van der Waals surface area contributed by atoms with Crippen molar-refractivity contribution in [1.82, 2.24) is 15.2 Å². The number of rotatable bonds is 2. The van der Waals surface area contributed by atoms with Crippen LogP contribution < -0.4 is 0 Å². The first-order valence-electron chi connectivity index (χ1n) is 6.42. The van der Waals surface area contributed by atoms with Crippen molar-refractivity contribution in [3.05, 3.63) is 34.6 Å². The summed E-state index contributed by atoms with van der Waals surface area (Å²) < 4.78 is 0. The van der Waals surface area contributed by atoms with Crippen molar-refractivity contribution >= 4 is 11.6 Å². The number of H-pyrrole nitrogens is 1. The van der Waals surface area contributed by atoms with Gasteiger partial charge >= 0.3 is 0 Å². The Bertz CT molecular complexity index is 536. The molecule has 1 N–H and O–H groups in total. The first-order chi connectivity index (χ1) is 8.72. The number of hydrogen-bond acceptors (Lipinski definition) is 2. The number of hydrogen-bond donors (Lipinski definition) is 1. The summed E-state index contributed by atoms with van der Waals surface area (Å²) in [6.45, 7) is 2.03. The molecule has 1 saturated carbocycles. The zero-order valence-electron chi connectivity index (χ0n) is 10.4. The van der Waals surface area contributed by atoms with E-state index in [1.165, 1.54) is 25.7 Å². The van der Waals surface area contributed by atoms with E-state index in [0.29, 0.717) is 5.92 Å². The summed E-state index contributed by atoms with van der Waals surface area (Å²) >= 11 is 6.07. The minimum Gasteiger partial charge on any atom is -0.262 e. The van der Waals surface area contributed by atoms with E-state index >= 15 is 0 Å². The van der Waals surface area contributed by atoms with Gasteiger partial charge in [-0.25, -0.2) is 4.98 Å². The summed E-state index contributed by atoms with van der Waals surface area (Å²) in [4.78, 5) is 4.62. The SMILES string of the molecule is Cc1cc(Cl)cc(-c2n[nH]c(C3CCCC3)n2)c1. The van der Waals surface area contributed by atoms with Crippen molar-refractivity contribution in [2.75, 3.05) is 0 Å². The Kier molecular flexibility index (Phi) is 3.08. The Labute approximate surface area is 112 Å². The van der Waals surface area contributed by atoms with Crippen molar-refractivity contribution in [2.45, 2.75) is 38.5 Å². The topological polar surface area (TPSA) is 41.6 Å². The fourth-order valence-corrected chi connectivity index (χ4v) is 2.94. The van der Waals surface area contributed by atoms with Crippen molar-refractivity contribution in [3.8, 4) is 11.4 Å². The van der Waals surface area contributed by atoms with Gasteiger partial charge in [-0.15, -0.1) is 0 Å². The van der Waals surface area contributed by atoms with Crippen LogP contribution in [0.3, 0.4) is 0 Å². The molecule has 0 unspecified atom stereocenters. The van der Waals surface area contributed by atoms with E-state index in [-0.39, 0.29) is 0 Å². The van der Waals surface area contributed by atoms with E-state index in [1.807, 2.05) is 19.1 Å². The van der Waals surface area contributed by atoms with Gasteiger partial charge in [-0.2, -0.15) is 5.10 Å². The van der Waals surface area contributed by atoms with E-state index in [2.05, 4.69) is 21.2 Å². The fourth-order valence-electron chi connectivity index (χ4n) is 2.65. The zero-order valence-corrected chi connectivity index (χ0v) is 11.2. The minimum atomic E-state index is 0.562. The van der Waals surface area contributed by atoms with E-state index < -0.39 is 0 Å². The molecule has 3 nitrogen and oxygen atoms in total. The molecule has 0 saturated heterocycles. The van der Waals surface area contributed by atoms with Gasteiger partial charge in [0.1, 0.15) is 5.82 Å². The molecule has 0 spiro atoms. The van der Waals surface area contributed by atoms with E-state index in [1.54, 1.807) is 0 Å². The van der Waals surface area contributed by atoms with Crippen molar-refractivity contribution in [2.24, 2.45) is 0 Å². The Morgan fingerprint density at radius 3 is 2.72 bits per heavy atom. The summed E-state index contributed by atoms with van der Waals surface area (Å²) in [5.41, 5.74) is 2.12. The van der Waals surface area contributed by atoms with Gasteiger partial charge in [0, 0.05) is 16.5 Å². The van der Waals surface area contributed by atoms with Gasteiger partial charge in [0.05, 0.1) is 0 Å². The molecule has 0 atom stereocenters. The second-order valence-electron chi connectivity index (χ2n) is 5.04. The molecule has 0 amide bonds. The predicted molar refractivity (Wildman–Crippen MR) is 72.8 cm³/mol. The van der Waals surface area contributed by atoms with Crippen LogP contribution in [0.15, 0.2) is 18.2 Å². The predicted octanol–water partition coefficient (Wildman–Crippen LogP) is 4.09. The Balaban J connectivity index is 1.92. The van der Waals surface area contributed by atoms with Gasteiger partial charge in [-0.3, -0.25) is 5.10 Å². The Morgan fingerprint density at radius 2 is 2.00 bits per heavy atom. The van der Waals surface area contributed by atoms with Gasteiger partial charge in [0.25, 0.3) is 0 Å². The number of halogens is 1. The molecule has 1 aliphatic carbocycles. The van der Waals surface area contributed by atoms with Crippen LogP contribution in [0.2, 0.25) is 5.02 Å². The lowest BCUT2D eigenvalue weighted by molar-refractivity contribution is 0.672. The largest absolute Gasteiger partial charge is 0.262 e. The zero-order chi connectivity index (χ0) is 12.5.